The molecule has 1 rings (SSSR count). The number of nitrogen functional groups attached to an aromatic ring is 1. The Balaban J connectivity index is 0.000000518. The lowest BCUT2D eigenvalue weighted by Crippen LogP contribution is -2.09. The van der Waals surface area contributed by atoms with Crippen LogP contribution in [0.1, 0.15) is 64.7 Å². The van der Waals surface area contributed by atoms with Crippen molar-refractivity contribution in [2.45, 2.75) is 70.8 Å². The van der Waals surface area contributed by atoms with Crippen molar-refractivity contribution in [2.75, 3.05) is 5.73 Å². The van der Waals surface area contributed by atoms with Crippen molar-refractivity contribution in [1.29, 1.82) is 0 Å². The summed E-state index contributed by atoms with van der Waals surface area (Å²) in [4.78, 5) is 10.2. The average molecular weight is 309 g/mol. The number of unbranched alkanes of at least 4 members (excludes halogenated alkanes) is 5. The van der Waals surface area contributed by atoms with E-state index in [1.165, 1.54) is 25.7 Å². The summed E-state index contributed by atoms with van der Waals surface area (Å²) in [6.07, 6.45) is 8.03. The summed E-state index contributed by atoms with van der Waals surface area (Å²) in [5, 5.41) is 17.9. The van der Waals surface area contributed by atoms with Gasteiger partial charge in [-0.15, -0.1) is 0 Å². The number of carbonyl (C=O) groups is 1. The van der Waals surface area contributed by atoms with Gasteiger partial charge in [0.25, 0.3) is 0 Å². The number of anilines is 1. The number of benzene rings is 1. The quantitative estimate of drug-likeness (QED) is 0.446. The number of carboxylic acid groups (broad SMARTS) is 1. The third-order valence-corrected chi connectivity index (χ3v) is 3.38. The zero-order valence-electron chi connectivity index (χ0n) is 13.7. The predicted molar refractivity (Wildman–Crippen MR) is 91.7 cm³/mol. The molecule has 1 atom stereocenters. The van der Waals surface area contributed by atoms with Gasteiger partial charge in [0, 0.05) is 12.1 Å². The van der Waals surface area contributed by atoms with Gasteiger partial charge in [-0.3, -0.25) is 4.79 Å². The van der Waals surface area contributed by atoms with Crippen molar-refractivity contribution in [1.82, 2.24) is 0 Å². The molecule has 126 valence electrons. The van der Waals surface area contributed by atoms with E-state index in [0.717, 1.165) is 24.9 Å². The summed E-state index contributed by atoms with van der Waals surface area (Å²) >= 11 is 0. The van der Waals surface area contributed by atoms with E-state index in [1.807, 2.05) is 30.3 Å². The molecule has 0 heterocycles. The van der Waals surface area contributed by atoms with E-state index >= 15 is 0 Å². The summed E-state index contributed by atoms with van der Waals surface area (Å²) in [7, 11) is 0. The molecule has 1 unspecified atom stereocenters. The van der Waals surface area contributed by atoms with Crippen molar-refractivity contribution < 1.29 is 15.0 Å². The molecular formula is C18H31NO3. The normalized spacial score (nSPS) is 11.4. The molecular weight excluding hydrogens is 278 g/mol. The van der Waals surface area contributed by atoms with Gasteiger partial charge in [0.2, 0.25) is 0 Å². The minimum absolute atomic E-state index is 0.0804. The minimum atomic E-state index is -0.822. The molecule has 0 amide bonds. The Hall–Kier alpha value is -1.55. The van der Waals surface area contributed by atoms with Crippen LogP contribution in [0, 0.1) is 0 Å². The van der Waals surface area contributed by atoms with E-state index in [2.05, 4.69) is 6.92 Å². The van der Waals surface area contributed by atoms with Crippen molar-refractivity contribution in [3.63, 3.8) is 0 Å². The molecule has 0 fully saturated rings. The SMILES string of the molecule is CCCCCCCCC(O)CCC(=O)O.Nc1ccccc1. The van der Waals surface area contributed by atoms with Crippen LogP contribution in [0.25, 0.3) is 0 Å². The Kier molecular flexibility index (Phi) is 13.4. The smallest absolute Gasteiger partial charge is 0.303 e. The number of para-hydroxylation sites is 1. The minimum Gasteiger partial charge on any atom is -0.481 e. The molecule has 4 nitrogen and oxygen atoms in total. The second kappa shape index (κ2) is 14.4. The fourth-order valence-corrected chi connectivity index (χ4v) is 2.05. The molecule has 1 aromatic rings. The first kappa shape index (κ1) is 20.5. The Labute approximate surface area is 134 Å². The lowest BCUT2D eigenvalue weighted by atomic mass is 10.0. The van der Waals surface area contributed by atoms with E-state index in [1.54, 1.807) is 0 Å². The Morgan fingerprint density at radius 1 is 1.05 bits per heavy atom. The van der Waals surface area contributed by atoms with Gasteiger partial charge in [0.15, 0.2) is 0 Å². The Bertz CT molecular complexity index is 368. The molecule has 0 bridgehead atoms. The van der Waals surface area contributed by atoms with Gasteiger partial charge >= 0.3 is 5.97 Å². The van der Waals surface area contributed by atoms with Gasteiger partial charge in [-0.05, 0) is 25.0 Å². The topological polar surface area (TPSA) is 83.5 Å². The van der Waals surface area contributed by atoms with Crippen LogP contribution in [0.15, 0.2) is 30.3 Å². The van der Waals surface area contributed by atoms with Crippen molar-refractivity contribution in [2.24, 2.45) is 0 Å². The molecule has 0 saturated carbocycles. The van der Waals surface area contributed by atoms with E-state index in [9.17, 15) is 9.90 Å². The highest BCUT2D eigenvalue weighted by Gasteiger charge is 2.06. The van der Waals surface area contributed by atoms with Gasteiger partial charge in [0.05, 0.1) is 6.10 Å². The zero-order valence-corrected chi connectivity index (χ0v) is 13.7. The highest BCUT2D eigenvalue weighted by atomic mass is 16.4. The maximum Gasteiger partial charge on any atom is 0.303 e. The summed E-state index contributed by atoms with van der Waals surface area (Å²) < 4.78 is 0. The summed E-state index contributed by atoms with van der Waals surface area (Å²) in [6.45, 7) is 2.19. The standard InChI is InChI=1S/C12H24O3.C6H7N/c1-2-3-4-5-6-7-8-11(13)9-10-12(14)15;7-6-4-2-1-3-5-6/h11,13H,2-10H2,1H3,(H,14,15);1-5H,7H2. The number of hydrogen-bond donors (Lipinski definition) is 3. The van der Waals surface area contributed by atoms with Gasteiger partial charge in [-0.2, -0.15) is 0 Å². The summed E-state index contributed by atoms with van der Waals surface area (Å²) in [5.41, 5.74) is 6.18. The fourth-order valence-electron chi connectivity index (χ4n) is 2.05. The highest BCUT2D eigenvalue weighted by Crippen LogP contribution is 2.11. The number of aliphatic hydroxyl groups excluding tert-OH is 1. The van der Waals surface area contributed by atoms with Crippen LogP contribution in [0.2, 0.25) is 0 Å². The van der Waals surface area contributed by atoms with Crippen LogP contribution in [-0.2, 0) is 4.79 Å². The maximum absolute atomic E-state index is 10.2. The highest BCUT2D eigenvalue weighted by molar-refractivity contribution is 5.66. The molecule has 0 aliphatic carbocycles. The van der Waals surface area contributed by atoms with Crippen LogP contribution in [0.4, 0.5) is 5.69 Å². The van der Waals surface area contributed by atoms with Gasteiger partial charge in [-0.25, -0.2) is 0 Å². The number of nitrogens with two attached hydrogens (primary N) is 1. The molecule has 4 N–H and O–H groups in total. The molecule has 0 aromatic heterocycles. The number of aliphatic hydroxyl groups is 1. The lowest BCUT2D eigenvalue weighted by Gasteiger charge is -2.08. The van der Waals surface area contributed by atoms with E-state index < -0.39 is 12.1 Å². The molecule has 0 spiro atoms. The summed E-state index contributed by atoms with van der Waals surface area (Å²) in [6, 6.07) is 9.49. The molecule has 1 aromatic carbocycles. The van der Waals surface area contributed by atoms with E-state index in [-0.39, 0.29) is 6.42 Å². The predicted octanol–water partition coefficient (Wildman–Crippen LogP) is 4.23. The van der Waals surface area contributed by atoms with Crippen LogP contribution in [0.5, 0.6) is 0 Å². The van der Waals surface area contributed by atoms with Crippen LogP contribution < -0.4 is 5.73 Å². The largest absolute Gasteiger partial charge is 0.481 e. The second-order valence-corrected chi connectivity index (χ2v) is 5.55. The first-order valence-corrected chi connectivity index (χ1v) is 8.26. The van der Waals surface area contributed by atoms with Crippen LogP contribution in [0.3, 0.4) is 0 Å². The maximum atomic E-state index is 10.2. The lowest BCUT2D eigenvalue weighted by molar-refractivity contribution is -0.137. The molecule has 0 aliphatic rings. The van der Waals surface area contributed by atoms with Crippen molar-refractivity contribution in [3.05, 3.63) is 30.3 Å². The Morgan fingerprint density at radius 2 is 1.64 bits per heavy atom. The van der Waals surface area contributed by atoms with Gasteiger partial charge in [0.1, 0.15) is 0 Å². The third kappa shape index (κ3) is 14.9. The summed E-state index contributed by atoms with van der Waals surface area (Å²) in [5.74, 6) is -0.822. The third-order valence-electron chi connectivity index (χ3n) is 3.38. The molecule has 22 heavy (non-hydrogen) atoms. The van der Waals surface area contributed by atoms with E-state index in [4.69, 9.17) is 10.8 Å². The monoisotopic (exact) mass is 309 g/mol. The number of carboxylic acids is 1. The average Bonchev–Trinajstić information content (AvgIpc) is 2.50. The number of aliphatic carboxylic acids is 1. The molecule has 0 aliphatic heterocycles. The van der Waals surface area contributed by atoms with Crippen LogP contribution in [-0.4, -0.2) is 22.3 Å². The molecule has 0 radical (unpaired) electrons. The number of hydrogen-bond acceptors (Lipinski definition) is 3. The van der Waals surface area contributed by atoms with E-state index in [0.29, 0.717) is 6.42 Å². The zero-order chi connectivity index (χ0) is 16.6. The van der Waals surface area contributed by atoms with Crippen molar-refractivity contribution in [3.8, 4) is 0 Å². The molecule has 0 saturated heterocycles. The fraction of sp³-hybridized carbons (Fsp3) is 0.611. The van der Waals surface area contributed by atoms with Gasteiger partial charge < -0.3 is 15.9 Å². The van der Waals surface area contributed by atoms with Crippen LogP contribution >= 0.6 is 0 Å². The second-order valence-electron chi connectivity index (χ2n) is 5.55. The first-order chi connectivity index (χ1) is 10.6. The van der Waals surface area contributed by atoms with Gasteiger partial charge in [-0.1, -0.05) is 63.6 Å². The van der Waals surface area contributed by atoms with Crippen molar-refractivity contribution >= 4 is 11.7 Å². The number of rotatable bonds is 10. The molecule has 4 heteroatoms. The first-order valence-electron chi connectivity index (χ1n) is 8.26. The Morgan fingerprint density at radius 3 is 2.14 bits per heavy atom.